The van der Waals surface area contributed by atoms with Crippen molar-refractivity contribution >= 4 is 17.7 Å². The zero-order chi connectivity index (χ0) is 13.6. The standard InChI is InChI=1S/C13H20N2O2S/c1-4-13(5-2,18-3)9-15-12(17)10-8-14-7-6-11(10)16/h6-8H,4-5,9H2,1-3H3,(H,14,16)(H,15,17). The van der Waals surface area contributed by atoms with Crippen LogP contribution in [0.3, 0.4) is 0 Å². The lowest BCUT2D eigenvalue weighted by Crippen LogP contribution is -2.40. The van der Waals surface area contributed by atoms with Gasteiger partial charge in [-0.25, -0.2) is 0 Å². The molecule has 0 saturated heterocycles. The first-order valence-electron chi connectivity index (χ1n) is 6.09. The molecular formula is C13H20N2O2S. The molecule has 4 nitrogen and oxygen atoms in total. The first-order chi connectivity index (χ1) is 8.58. The van der Waals surface area contributed by atoms with Crippen molar-refractivity contribution in [3.63, 3.8) is 0 Å². The Kier molecular flexibility index (Phi) is 5.47. The van der Waals surface area contributed by atoms with Crippen LogP contribution in [-0.2, 0) is 0 Å². The smallest absolute Gasteiger partial charge is 0.256 e. The maximum atomic E-state index is 11.9. The Morgan fingerprint density at radius 3 is 2.61 bits per heavy atom. The Hall–Kier alpha value is -1.23. The summed E-state index contributed by atoms with van der Waals surface area (Å²) >= 11 is 1.76. The van der Waals surface area contributed by atoms with E-state index in [2.05, 4.69) is 30.4 Å². The maximum absolute atomic E-state index is 11.9. The minimum Gasteiger partial charge on any atom is -0.367 e. The van der Waals surface area contributed by atoms with Gasteiger partial charge in [-0.05, 0) is 19.1 Å². The molecule has 0 aromatic carbocycles. The minimum atomic E-state index is -0.308. The number of aromatic amines is 1. The highest BCUT2D eigenvalue weighted by Crippen LogP contribution is 2.29. The van der Waals surface area contributed by atoms with Gasteiger partial charge in [0.05, 0.1) is 0 Å². The summed E-state index contributed by atoms with van der Waals surface area (Å²) in [4.78, 5) is 26.2. The SMILES string of the molecule is CCC(CC)(CNC(=O)c1c[nH]ccc1=O)SC. The quantitative estimate of drug-likeness (QED) is 0.830. The average Bonchev–Trinajstić information content (AvgIpc) is 2.41. The van der Waals surface area contributed by atoms with Gasteiger partial charge in [-0.3, -0.25) is 9.59 Å². The number of carbonyl (C=O) groups excluding carboxylic acids is 1. The van der Waals surface area contributed by atoms with Crippen LogP contribution >= 0.6 is 11.8 Å². The molecule has 1 aromatic rings. The Bertz CT molecular complexity index is 444. The van der Waals surface area contributed by atoms with E-state index >= 15 is 0 Å². The lowest BCUT2D eigenvalue weighted by atomic mass is 10.0. The third kappa shape index (κ3) is 3.38. The van der Waals surface area contributed by atoms with E-state index in [4.69, 9.17) is 0 Å². The summed E-state index contributed by atoms with van der Waals surface area (Å²) in [6.45, 7) is 4.80. The molecule has 1 aromatic heterocycles. The lowest BCUT2D eigenvalue weighted by Gasteiger charge is -2.29. The van der Waals surface area contributed by atoms with Gasteiger partial charge in [0.2, 0.25) is 0 Å². The number of aromatic nitrogens is 1. The average molecular weight is 268 g/mol. The maximum Gasteiger partial charge on any atom is 0.256 e. The monoisotopic (exact) mass is 268 g/mol. The third-order valence-electron chi connectivity index (χ3n) is 3.36. The molecule has 0 bridgehead atoms. The molecule has 100 valence electrons. The van der Waals surface area contributed by atoms with Crippen LogP contribution in [0.1, 0.15) is 37.0 Å². The van der Waals surface area contributed by atoms with Crippen molar-refractivity contribution in [2.24, 2.45) is 0 Å². The van der Waals surface area contributed by atoms with Crippen molar-refractivity contribution in [3.8, 4) is 0 Å². The molecule has 0 aliphatic carbocycles. The largest absolute Gasteiger partial charge is 0.367 e. The Morgan fingerprint density at radius 2 is 2.11 bits per heavy atom. The van der Waals surface area contributed by atoms with Crippen LogP contribution in [0.15, 0.2) is 23.3 Å². The number of pyridine rings is 1. The molecule has 1 amide bonds. The molecular weight excluding hydrogens is 248 g/mol. The van der Waals surface area contributed by atoms with Crippen molar-refractivity contribution in [1.82, 2.24) is 10.3 Å². The molecule has 5 heteroatoms. The van der Waals surface area contributed by atoms with Crippen molar-refractivity contribution in [2.45, 2.75) is 31.4 Å². The number of thioether (sulfide) groups is 1. The van der Waals surface area contributed by atoms with Crippen molar-refractivity contribution < 1.29 is 4.79 Å². The number of nitrogens with one attached hydrogen (secondary N) is 2. The molecule has 1 rings (SSSR count). The highest BCUT2D eigenvalue weighted by molar-refractivity contribution is 8.00. The summed E-state index contributed by atoms with van der Waals surface area (Å²) in [5.74, 6) is -0.308. The van der Waals surface area contributed by atoms with Gasteiger partial charge in [0.1, 0.15) is 5.56 Å². The van der Waals surface area contributed by atoms with E-state index in [1.807, 2.05) is 0 Å². The molecule has 0 saturated carbocycles. The minimum absolute atomic E-state index is 0.0528. The third-order valence-corrected chi connectivity index (χ3v) is 4.95. The molecule has 0 fully saturated rings. The van der Waals surface area contributed by atoms with Gasteiger partial charge in [0, 0.05) is 29.8 Å². The van der Waals surface area contributed by atoms with E-state index in [-0.39, 0.29) is 21.6 Å². The zero-order valence-electron chi connectivity index (χ0n) is 11.1. The summed E-state index contributed by atoms with van der Waals surface area (Å²) in [6, 6.07) is 1.36. The molecule has 18 heavy (non-hydrogen) atoms. The van der Waals surface area contributed by atoms with Gasteiger partial charge in [0.15, 0.2) is 5.43 Å². The Labute approximate surface area is 112 Å². The van der Waals surface area contributed by atoms with Crippen molar-refractivity contribution in [1.29, 1.82) is 0 Å². The fourth-order valence-corrected chi connectivity index (χ4v) is 2.58. The molecule has 0 unspecified atom stereocenters. The molecule has 0 aliphatic heterocycles. The van der Waals surface area contributed by atoms with Gasteiger partial charge >= 0.3 is 0 Å². The highest BCUT2D eigenvalue weighted by atomic mass is 32.2. The lowest BCUT2D eigenvalue weighted by molar-refractivity contribution is 0.0947. The van der Waals surface area contributed by atoms with E-state index in [1.54, 1.807) is 11.8 Å². The predicted molar refractivity (Wildman–Crippen MR) is 76.2 cm³/mol. The van der Waals surface area contributed by atoms with Gasteiger partial charge in [-0.1, -0.05) is 13.8 Å². The van der Waals surface area contributed by atoms with Gasteiger partial charge in [0.25, 0.3) is 5.91 Å². The van der Waals surface area contributed by atoms with Crippen LogP contribution in [-0.4, -0.2) is 28.4 Å². The number of H-pyrrole nitrogens is 1. The first kappa shape index (κ1) is 14.8. The van der Waals surface area contributed by atoms with Crippen LogP contribution in [0.2, 0.25) is 0 Å². The summed E-state index contributed by atoms with van der Waals surface area (Å²) in [7, 11) is 0. The van der Waals surface area contributed by atoms with E-state index in [0.29, 0.717) is 6.54 Å². The second-order valence-corrected chi connectivity index (χ2v) is 5.47. The van der Waals surface area contributed by atoms with E-state index in [0.717, 1.165) is 12.8 Å². The summed E-state index contributed by atoms with van der Waals surface area (Å²) in [5.41, 5.74) is -0.0892. The molecule has 0 aliphatic rings. The van der Waals surface area contributed by atoms with E-state index < -0.39 is 0 Å². The summed E-state index contributed by atoms with van der Waals surface area (Å²) in [5, 5.41) is 2.85. The number of hydrogen-bond acceptors (Lipinski definition) is 3. The zero-order valence-corrected chi connectivity index (χ0v) is 11.9. The van der Waals surface area contributed by atoms with E-state index in [9.17, 15) is 9.59 Å². The number of amides is 1. The summed E-state index contributed by atoms with van der Waals surface area (Å²) in [6.07, 6.45) is 6.97. The molecule has 0 atom stereocenters. The number of rotatable bonds is 6. The fraction of sp³-hybridized carbons (Fsp3) is 0.538. The van der Waals surface area contributed by atoms with Gasteiger partial charge in [-0.2, -0.15) is 11.8 Å². The van der Waals surface area contributed by atoms with Crippen molar-refractivity contribution in [3.05, 3.63) is 34.2 Å². The fourth-order valence-electron chi connectivity index (χ4n) is 1.79. The number of hydrogen-bond donors (Lipinski definition) is 2. The predicted octanol–water partition coefficient (Wildman–Crippen LogP) is 2.03. The first-order valence-corrected chi connectivity index (χ1v) is 7.31. The van der Waals surface area contributed by atoms with Crippen LogP contribution in [0.25, 0.3) is 0 Å². The van der Waals surface area contributed by atoms with Crippen LogP contribution in [0.5, 0.6) is 0 Å². The molecule has 2 N–H and O–H groups in total. The second-order valence-electron chi connectivity index (χ2n) is 4.20. The van der Waals surface area contributed by atoms with Crippen LogP contribution in [0, 0.1) is 0 Å². The van der Waals surface area contributed by atoms with Crippen LogP contribution < -0.4 is 10.7 Å². The Balaban J connectivity index is 2.72. The van der Waals surface area contributed by atoms with Crippen LogP contribution in [0.4, 0.5) is 0 Å². The summed E-state index contributed by atoms with van der Waals surface area (Å²) < 4.78 is 0.0528. The number of carbonyl (C=O) groups is 1. The topological polar surface area (TPSA) is 62.0 Å². The van der Waals surface area contributed by atoms with Gasteiger partial charge < -0.3 is 10.3 Å². The molecule has 0 spiro atoms. The highest BCUT2D eigenvalue weighted by Gasteiger charge is 2.25. The second kappa shape index (κ2) is 6.64. The van der Waals surface area contributed by atoms with Gasteiger partial charge in [-0.15, -0.1) is 0 Å². The molecule has 1 heterocycles. The Morgan fingerprint density at radius 1 is 1.44 bits per heavy atom. The van der Waals surface area contributed by atoms with E-state index in [1.165, 1.54) is 18.5 Å². The normalized spacial score (nSPS) is 11.3. The molecule has 0 radical (unpaired) electrons. The van der Waals surface area contributed by atoms with Crippen molar-refractivity contribution in [2.75, 3.05) is 12.8 Å².